The maximum atomic E-state index is 13.6. The van der Waals surface area contributed by atoms with Crippen molar-refractivity contribution in [2.75, 3.05) is 7.11 Å². The van der Waals surface area contributed by atoms with Crippen LogP contribution < -0.4 is 0 Å². The zero-order chi connectivity index (χ0) is 14.5. The Labute approximate surface area is 114 Å². The van der Waals surface area contributed by atoms with Crippen LogP contribution in [0.3, 0.4) is 0 Å². The molecule has 2 aromatic carbocycles. The molecule has 6 heteroatoms. The zero-order valence-corrected chi connectivity index (χ0v) is 10.6. The van der Waals surface area contributed by atoms with Gasteiger partial charge in [0.25, 0.3) is 0 Å². The fourth-order valence-electron chi connectivity index (χ4n) is 1.77. The van der Waals surface area contributed by atoms with Crippen molar-refractivity contribution in [3.8, 4) is 11.1 Å². The minimum atomic E-state index is -0.740. The molecule has 0 saturated heterocycles. The predicted octanol–water partition coefficient (Wildman–Crippen LogP) is 4.22. The van der Waals surface area contributed by atoms with Crippen molar-refractivity contribution in [1.29, 1.82) is 0 Å². The molecule has 0 atom stereocenters. The lowest BCUT2D eigenvalue weighted by molar-refractivity contribution is 0.0595. The van der Waals surface area contributed by atoms with E-state index in [1.54, 1.807) is 24.3 Å². The maximum Gasteiger partial charge on any atom is 0.340 e. The lowest BCUT2D eigenvalue weighted by Crippen LogP contribution is -2.04. The second kappa shape index (κ2) is 5.86. The summed E-state index contributed by atoms with van der Waals surface area (Å²) in [4.78, 5) is 14.2. The summed E-state index contributed by atoms with van der Waals surface area (Å²) in [6.07, 6.45) is 0. The van der Waals surface area contributed by atoms with E-state index in [1.807, 2.05) is 0 Å². The summed E-state index contributed by atoms with van der Waals surface area (Å²) in [5, 5.41) is 3.50. The third-order valence-electron chi connectivity index (χ3n) is 2.71. The molecule has 0 amide bonds. The highest BCUT2D eigenvalue weighted by molar-refractivity contribution is 5.91. The topological polar surface area (TPSA) is 75.1 Å². The average Bonchev–Trinajstić information content (AvgIpc) is 2.47. The van der Waals surface area contributed by atoms with Gasteiger partial charge in [0.2, 0.25) is 0 Å². The minimum absolute atomic E-state index is 0.140. The number of ether oxygens (including phenoxy) is 1. The van der Waals surface area contributed by atoms with Crippen LogP contribution in [0.2, 0.25) is 0 Å². The molecule has 0 aromatic heterocycles. The summed E-state index contributed by atoms with van der Waals surface area (Å²) in [5.41, 5.74) is 10.0. The summed E-state index contributed by atoms with van der Waals surface area (Å²) in [5.74, 6) is -1.39. The van der Waals surface area contributed by atoms with E-state index in [9.17, 15) is 9.18 Å². The molecule has 20 heavy (non-hydrogen) atoms. The van der Waals surface area contributed by atoms with Gasteiger partial charge in [-0.25, -0.2) is 9.18 Å². The summed E-state index contributed by atoms with van der Waals surface area (Å²) >= 11 is 0. The van der Waals surface area contributed by atoms with E-state index in [2.05, 4.69) is 14.8 Å². The van der Waals surface area contributed by atoms with E-state index in [0.717, 1.165) is 0 Å². The Morgan fingerprint density at radius 3 is 2.70 bits per heavy atom. The Morgan fingerprint density at radius 2 is 2.00 bits per heavy atom. The lowest BCUT2D eigenvalue weighted by Gasteiger charge is -2.06. The van der Waals surface area contributed by atoms with Crippen molar-refractivity contribution in [2.45, 2.75) is 0 Å². The lowest BCUT2D eigenvalue weighted by atomic mass is 10.0. The molecule has 0 unspecified atom stereocenters. The van der Waals surface area contributed by atoms with E-state index in [1.165, 1.54) is 25.3 Å². The molecule has 0 saturated carbocycles. The van der Waals surface area contributed by atoms with Gasteiger partial charge in [-0.2, -0.15) is 0 Å². The molecule has 0 aliphatic carbocycles. The van der Waals surface area contributed by atoms with Crippen LogP contribution in [0.15, 0.2) is 47.6 Å². The van der Waals surface area contributed by atoms with E-state index in [-0.39, 0.29) is 5.56 Å². The van der Waals surface area contributed by atoms with Crippen LogP contribution in [0.25, 0.3) is 21.6 Å². The molecule has 0 radical (unpaired) electrons. The molecular formula is C14H10FN3O2. The highest BCUT2D eigenvalue weighted by atomic mass is 19.1. The van der Waals surface area contributed by atoms with Crippen molar-refractivity contribution in [3.63, 3.8) is 0 Å². The molecule has 2 rings (SSSR count). The van der Waals surface area contributed by atoms with Crippen molar-refractivity contribution < 1.29 is 13.9 Å². The van der Waals surface area contributed by atoms with Gasteiger partial charge in [-0.05, 0) is 34.9 Å². The number of halogens is 1. The van der Waals surface area contributed by atoms with Gasteiger partial charge in [-0.15, -0.1) is 0 Å². The van der Waals surface area contributed by atoms with Crippen LogP contribution in [0.5, 0.6) is 0 Å². The van der Waals surface area contributed by atoms with Gasteiger partial charge in [0.05, 0.1) is 12.7 Å². The number of nitrogens with zero attached hydrogens (tertiary/aromatic N) is 3. The smallest absolute Gasteiger partial charge is 0.340 e. The Morgan fingerprint density at radius 1 is 1.25 bits per heavy atom. The van der Waals surface area contributed by atoms with E-state index >= 15 is 0 Å². The van der Waals surface area contributed by atoms with E-state index < -0.39 is 11.8 Å². The number of esters is 1. The minimum Gasteiger partial charge on any atom is -0.465 e. The average molecular weight is 271 g/mol. The normalized spacial score (nSPS) is 9.70. The number of azide groups is 1. The van der Waals surface area contributed by atoms with Crippen LogP contribution in [-0.2, 0) is 4.74 Å². The van der Waals surface area contributed by atoms with Gasteiger partial charge >= 0.3 is 5.97 Å². The van der Waals surface area contributed by atoms with Gasteiger partial charge in [0, 0.05) is 10.6 Å². The molecule has 0 heterocycles. The Hall–Kier alpha value is -2.85. The molecule has 100 valence electrons. The number of hydrogen-bond acceptors (Lipinski definition) is 3. The van der Waals surface area contributed by atoms with Crippen LogP contribution in [-0.4, -0.2) is 13.1 Å². The molecule has 0 spiro atoms. The largest absolute Gasteiger partial charge is 0.465 e. The number of rotatable bonds is 3. The first-order valence-electron chi connectivity index (χ1n) is 5.69. The van der Waals surface area contributed by atoms with Crippen LogP contribution in [0, 0.1) is 5.82 Å². The predicted molar refractivity (Wildman–Crippen MR) is 72.0 cm³/mol. The SMILES string of the molecule is COC(=O)c1cc(-c2cccc(N=[N+]=[N-])c2)ccc1F. The Kier molecular flexibility index (Phi) is 3.98. The van der Waals surface area contributed by atoms with Gasteiger partial charge < -0.3 is 4.74 Å². The highest BCUT2D eigenvalue weighted by Crippen LogP contribution is 2.26. The van der Waals surface area contributed by atoms with Crippen molar-refractivity contribution >= 4 is 11.7 Å². The number of carbonyl (C=O) groups excluding carboxylic acids is 1. The van der Waals surface area contributed by atoms with Gasteiger partial charge in [0.1, 0.15) is 5.82 Å². The molecule has 0 aliphatic rings. The van der Waals surface area contributed by atoms with Crippen LogP contribution in [0.1, 0.15) is 10.4 Å². The summed E-state index contributed by atoms with van der Waals surface area (Å²) < 4.78 is 18.1. The highest BCUT2D eigenvalue weighted by Gasteiger charge is 2.13. The first-order valence-corrected chi connectivity index (χ1v) is 5.69. The molecule has 0 bridgehead atoms. The number of hydrogen-bond donors (Lipinski definition) is 0. The molecular weight excluding hydrogens is 261 g/mol. The molecule has 0 aliphatic heterocycles. The van der Waals surface area contributed by atoms with Crippen molar-refractivity contribution in [3.05, 3.63) is 64.3 Å². The van der Waals surface area contributed by atoms with Crippen LogP contribution in [0.4, 0.5) is 10.1 Å². The Bertz CT molecular complexity index is 709. The second-order valence-electron chi connectivity index (χ2n) is 3.93. The standard InChI is InChI=1S/C14H10FN3O2/c1-20-14(19)12-8-10(5-6-13(12)15)9-3-2-4-11(7-9)17-18-16/h2-8H,1H3. The van der Waals surface area contributed by atoms with Crippen LogP contribution >= 0.6 is 0 Å². The number of carbonyl (C=O) groups is 1. The number of methoxy groups -OCH3 is 1. The molecule has 5 nitrogen and oxygen atoms in total. The van der Waals surface area contributed by atoms with E-state index in [0.29, 0.717) is 16.8 Å². The molecule has 0 fully saturated rings. The van der Waals surface area contributed by atoms with Gasteiger partial charge in [0.15, 0.2) is 0 Å². The molecule has 2 aromatic rings. The third kappa shape index (κ3) is 2.76. The van der Waals surface area contributed by atoms with Crippen molar-refractivity contribution in [1.82, 2.24) is 0 Å². The quantitative estimate of drug-likeness (QED) is 0.362. The second-order valence-corrected chi connectivity index (χ2v) is 3.93. The Balaban J connectivity index is 2.50. The third-order valence-corrected chi connectivity index (χ3v) is 2.71. The van der Waals surface area contributed by atoms with Gasteiger partial charge in [-0.3, -0.25) is 0 Å². The first-order chi connectivity index (χ1) is 9.65. The van der Waals surface area contributed by atoms with Gasteiger partial charge in [-0.1, -0.05) is 29.4 Å². The summed E-state index contributed by atoms with van der Waals surface area (Å²) in [6, 6.07) is 10.9. The zero-order valence-electron chi connectivity index (χ0n) is 10.6. The fourth-order valence-corrected chi connectivity index (χ4v) is 1.77. The van der Waals surface area contributed by atoms with Crippen molar-refractivity contribution in [2.24, 2.45) is 5.11 Å². The monoisotopic (exact) mass is 271 g/mol. The summed E-state index contributed by atoms with van der Waals surface area (Å²) in [6.45, 7) is 0. The fraction of sp³-hybridized carbons (Fsp3) is 0.0714. The van der Waals surface area contributed by atoms with E-state index in [4.69, 9.17) is 5.53 Å². The first kappa shape index (κ1) is 13.6. The number of benzene rings is 2. The summed E-state index contributed by atoms with van der Waals surface area (Å²) in [7, 11) is 1.19. The maximum absolute atomic E-state index is 13.6. The molecule has 0 N–H and O–H groups in total.